The van der Waals surface area contributed by atoms with Gasteiger partial charge in [0.1, 0.15) is 5.82 Å². The zero-order valence-electron chi connectivity index (χ0n) is 11.0. The van der Waals surface area contributed by atoms with E-state index < -0.39 is 0 Å². The highest BCUT2D eigenvalue weighted by Gasteiger charge is 2.08. The van der Waals surface area contributed by atoms with Crippen LogP contribution in [0.1, 0.15) is 22.2 Å². The topological polar surface area (TPSA) is 12.0 Å². The van der Waals surface area contributed by atoms with Crippen molar-refractivity contribution < 1.29 is 4.39 Å². The fourth-order valence-electron chi connectivity index (χ4n) is 1.94. The maximum atomic E-state index is 13.4. The van der Waals surface area contributed by atoms with E-state index in [2.05, 4.69) is 47.2 Å². The van der Waals surface area contributed by atoms with E-state index in [0.717, 1.165) is 12.0 Å². The third kappa shape index (κ3) is 4.13. The highest BCUT2D eigenvalue weighted by atomic mass is 79.9. The molecule has 2 rings (SSSR count). The van der Waals surface area contributed by atoms with Gasteiger partial charge in [0.25, 0.3) is 0 Å². The lowest BCUT2D eigenvalue weighted by Crippen LogP contribution is -2.27. The Hall–Kier alpha value is -0.710. The van der Waals surface area contributed by atoms with E-state index in [1.54, 1.807) is 6.07 Å². The Balaban J connectivity index is 1.89. The molecule has 0 saturated heterocycles. The number of hydrogen-bond acceptors (Lipinski definition) is 2. The van der Waals surface area contributed by atoms with Crippen LogP contribution in [0.15, 0.2) is 34.8 Å². The number of halogens is 2. The number of hydrogen-bond donors (Lipinski definition) is 1. The van der Waals surface area contributed by atoms with Crippen LogP contribution in [0.25, 0.3) is 0 Å². The van der Waals surface area contributed by atoms with Crippen LogP contribution in [0.5, 0.6) is 0 Å². The average molecular weight is 342 g/mol. The maximum absolute atomic E-state index is 13.4. The zero-order chi connectivity index (χ0) is 13.8. The van der Waals surface area contributed by atoms with Gasteiger partial charge in [-0.15, -0.1) is 11.3 Å². The van der Waals surface area contributed by atoms with Gasteiger partial charge in [0.05, 0.1) is 4.47 Å². The summed E-state index contributed by atoms with van der Waals surface area (Å²) in [6.45, 7) is 4.95. The maximum Gasteiger partial charge on any atom is 0.137 e. The van der Waals surface area contributed by atoms with Crippen LogP contribution in [-0.2, 0) is 13.0 Å². The normalized spacial score (nSPS) is 12.6. The average Bonchev–Trinajstić information content (AvgIpc) is 2.76. The largest absolute Gasteiger partial charge is 0.310 e. The Morgan fingerprint density at radius 2 is 2.11 bits per heavy atom. The van der Waals surface area contributed by atoms with Crippen LogP contribution < -0.4 is 5.32 Å². The number of aryl methyl sites for hydroxylation is 1. The molecule has 0 radical (unpaired) electrons. The predicted molar refractivity (Wildman–Crippen MR) is 83.2 cm³/mol. The monoisotopic (exact) mass is 341 g/mol. The molecule has 0 fully saturated rings. The number of nitrogens with one attached hydrogen (secondary N) is 1. The molecule has 1 aromatic heterocycles. The molecule has 102 valence electrons. The Morgan fingerprint density at radius 3 is 2.79 bits per heavy atom. The van der Waals surface area contributed by atoms with Crippen LogP contribution in [0.4, 0.5) is 4.39 Å². The van der Waals surface area contributed by atoms with Crippen molar-refractivity contribution in [3.63, 3.8) is 0 Å². The first-order valence-electron chi connectivity index (χ1n) is 6.28. The lowest BCUT2D eigenvalue weighted by molar-refractivity contribution is 0.543. The smallest absolute Gasteiger partial charge is 0.137 e. The predicted octanol–water partition coefficient (Wildman–Crippen LogP) is 4.68. The Kier molecular flexibility index (Phi) is 5.13. The fraction of sp³-hybridized carbons (Fsp3) is 0.333. The molecular weight excluding hydrogens is 325 g/mol. The van der Waals surface area contributed by atoms with Crippen molar-refractivity contribution >= 4 is 27.3 Å². The van der Waals surface area contributed by atoms with Gasteiger partial charge >= 0.3 is 0 Å². The summed E-state index contributed by atoms with van der Waals surface area (Å²) >= 11 is 5.12. The van der Waals surface area contributed by atoms with Gasteiger partial charge in [-0.2, -0.15) is 0 Å². The number of rotatable bonds is 5. The SMILES string of the molecule is Cc1ccc(CC(C)NCc2cccc(F)c2Br)s1. The van der Waals surface area contributed by atoms with Gasteiger partial charge in [-0.25, -0.2) is 4.39 Å². The molecule has 0 spiro atoms. The molecule has 1 atom stereocenters. The minimum absolute atomic E-state index is 0.208. The van der Waals surface area contributed by atoms with E-state index in [4.69, 9.17) is 0 Å². The fourth-order valence-corrected chi connectivity index (χ4v) is 3.36. The standard InChI is InChI=1S/C15H17BrFNS/c1-10(8-13-7-6-11(2)19-13)18-9-12-4-3-5-14(17)15(12)16/h3-7,10,18H,8-9H2,1-2H3. The first-order chi connectivity index (χ1) is 9.06. The highest BCUT2D eigenvalue weighted by Crippen LogP contribution is 2.21. The van der Waals surface area contributed by atoms with Crippen molar-refractivity contribution in [2.45, 2.75) is 32.9 Å². The molecule has 0 bridgehead atoms. The number of benzene rings is 1. The summed E-state index contributed by atoms with van der Waals surface area (Å²) < 4.78 is 13.9. The first kappa shape index (κ1) is 14.7. The lowest BCUT2D eigenvalue weighted by Gasteiger charge is -2.14. The molecule has 1 heterocycles. The highest BCUT2D eigenvalue weighted by molar-refractivity contribution is 9.10. The van der Waals surface area contributed by atoms with Gasteiger partial charge in [0.15, 0.2) is 0 Å². The summed E-state index contributed by atoms with van der Waals surface area (Å²) in [6, 6.07) is 9.83. The van der Waals surface area contributed by atoms with Gasteiger partial charge in [-0.05, 0) is 60.0 Å². The van der Waals surface area contributed by atoms with E-state index in [1.807, 2.05) is 17.4 Å². The molecule has 0 aliphatic rings. The molecule has 1 unspecified atom stereocenters. The van der Waals surface area contributed by atoms with Crippen molar-refractivity contribution in [2.75, 3.05) is 0 Å². The van der Waals surface area contributed by atoms with Gasteiger partial charge in [-0.3, -0.25) is 0 Å². The molecule has 1 aromatic carbocycles. The van der Waals surface area contributed by atoms with Crippen molar-refractivity contribution in [3.8, 4) is 0 Å². The summed E-state index contributed by atoms with van der Waals surface area (Å²) in [5.74, 6) is -0.208. The van der Waals surface area contributed by atoms with Crippen LogP contribution in [0.2, 0.25) is 0 Å². The van der Waals surface area contributed by atoms with Crippen molar-refractivity contribution in [1.82, 2.24) is 5.32 Å². The molecule has 2 aromatic rings. The lowest BCUT2D eigenvalue weighted by atomic mass is 10.1. The summed E-state index contributed by atoms with van der Waals surface area (Å²) in [7, 11) is 0. The summed E-state index contributed by atoms with van der Waals surface area (Å²) in [4.78, 5) is 2.73. The summed E-state index contributed by atoms with van der Waals surface area (Å²) in [5, 5.41) is 3.43. The van der Waals surface area contributed by atoms with E-state index in [9.17, 15) is 4.39 Å². The van der Waals surface area contributed by atoms with Gasteiger partial charge < -0.3 is 5.32 Å². The van der Waals surface area contributed by atoms with Crippen LogP contribution in [-0.4, -0.2) is 6.04 Å². The van der Waals surface area contributed by atoms with Crippen LogP contribution in [0, 0.1) is 12.7 Å². The third-order valence-corrected chi connectivity index (χ3v) is 4.89. The Bertz CT molecular complexity index is 553. The molecule has 1 nitrogen and oxygen atoms in total. The second-order valence-electron chi connectivity index (χ2n) is 4.71. The minimum atomic E-state index is -0.208. The second kappa shape index (κ2) is 6.64. The molecular formula is C15H17BrFNS. The van der Waals surface area contributed by atoms with Crippen LogP contribution in [0.3, 0.4) is 0 Å². The van der Waals surface area contributed by atoms with E-state index >= 15 is 0 Å². The van der Waals surface area contributed by atoms with Crippen molar-refractivity contribution in [3.05, 3.63) is 55.9 Å². The molecule has 0 aliphatic heterocycles. The van der Waals surface area contributed by atoms with Crippen molar-refractivity contribution in [1.29, 1.82) is 0 Å². The third-order valence-electron chi connectivity index (χ3n) is 2.98. The molecule has 0 aliphatic carbocycles. The van der Waals surface area contributed by atoms with E-state index in [-0.39, 0.29) is 5.82 Å². The van der Waals surface area contributed by atoms with Crippen molar-refractivity contribution in [2.24, 2.45) is 0 Å². The zero-order valence-corrected chi connectivity index (χ0v) is 13.4. The Labute approximate surface area is 126 Å². The first-order valence-corrected chi connectivity index (χ1v) is 7.89. The quantitative estimate of drug-likeness (QED) is 0.832. The molecule has 0 saturated carbocycles. The molecule has 4 heteroatoms. The summed E-state index contributed by atoms with van der Waals surface area (Å²) in [6.07, 6.45) is 1.01. The van der Waals surface area contributed by atoms with Gasteiger partial charge in [-0.1, -0.05) is 12.1 Å². The van der Waals surface area contributed by atoms with Gasteiger partial charge in [0.2, 0.25) is 0 Å². The van der Waals surface area contributed by atoms with E-state index in [0.29, 0.717) is 17.1 Å². The minimum Gasteiger partial charge on any atom is -0.310 e. The van der Waals surface area contributed by atoms with E-state index in [1.165, 1.54) is 15.8 Å². The second-order valence-corrected chi connectivity index (χ2v) is 6.88. The van der Waals surface area contributed by atoms with Crippen LogP contribution >= 0.6 is 27.3 Å². The summed E-state index contributed by atoms with van der Waals surface area (Å²) in [5.41, 5.74) is 0.953. The molecule has 0 amide bonds. The molecule has 19 heavy (non-hydrogen) atoms. The molecule has 1 N–H and O–H groups in total. The van der Waals surface area contributed by atoms with Gasteiger partial charge in [0, 0.05) is 22.3 Å². The number of thiophene rings is 1. The Morgan fingerprint density at radius 1 is 1.32 bits per heavy atom.